The van der Waals surface area contributed by atoms with Crippen molar-refractivity contribution < 1.29 is 4.52 Å². The van der Waals surface area contributed by atoms with Crippen LogP contribution >= 0.6 is 0 Å². The maximum Gasteiger partial charge on any atom is 0.151 e. The molecule has 0 aliphatic carbocycles. The molecule has 1 saturated heterocycles. The van der Waals surface area contributed by atoms with Crippen LogP contribution in [-0.4, -0.2) is 29.7 Å². The molecular formula is C17H31N3O. The predicted octanol–water partition coefficient (Wildman–Crippen LogP) is 3.43. The summed E-state index contributed by atoms with van der Waals surface area (Å²) >= 11 is 0. The van der Waals surface area contributed by atoms with Crippen molar-refractivity contribution >= 4 is 0 Å². The molecule has 1 aliphatic heterocycles. The molecule has 1 aromatic rings. The highest BCUT2D eigenvalue weighted by Crippen LogP contribution is 2.21. The minimum Gasteiger partial charge on any atom is -0.360 e. The number of nitrogens with zero attached hydrogens (tertiary/aromatic N) is 2. The molecule has 1 unspecified atom stereocenters. The highest BCUT2D eigenvalue weighted by atomic mass is 16.5. The lowest BCUT2D eigenvalue weighted by Gasteiger charge is -2.18. The van der Waals surface area contributed by atoms with E-state index in [1.807, 2.05) is 0 Å². The van der Waals surface area contributed by atoms with Crippen molar-refractivity contribution in [1.29, 1.82) is 0 Å². The highest BCUT2D eigenvalue weighted by molar-refractivity contribution is 5.05. The van der Waals surface area contributed by atoms with Gasteiger partial charge >= 0.3 is 0 Å². The highest BCUT2D eigenvalue weighted by Gasteiger charge is 2.17. The minimum atomic E-state index is 0.667. The molecule has 1 aromatic heterocycles. The zero-order valence-electron chi connectivity index (χ0n) is 13.9. The van der Waals surface area contributed by atoms with Gasteiger partial charge in [0.2, 0.25) is 0 Å². The molecule has 0 spiro atoms. The molecule has 0 amide bonds. The zero-order chi connectivity index (χ0) is 15.1. The van der Waals surface area contributed by atoms with Gasteiger partial charge in [-0.15, -0.1) is 0 Å². The first kappa shape index (κ1) is 16.5. The van der Waals surface area contributed by atoms with Crippen LogP contribution in [0.3, 0.4) is 0 Å². The Morgan fingerprint density at radius 1 is 1.38 bits per heavy atom. The van der Waals surface area contributed by atoms with Gasteiger partial charge < -0.3 is 9.84 Å². The molecule has 0 saturated carbocycles. The van der Waals surface area contributed by atoms with Crippen LogP contribution in [0, 0.1) is 11.8 Å². The third kappa shape index (κ3) is 5.79. The summed E-state index contributed by atoms with van der Waals surface area (Å²) in [6.07, 6.45) is 5.35. The molecule has 1 atom stereocenters. The summed E-state index contributed by atoms with van der Waals surface area (Å²) in [5.74, 6) is 2.59. The summed E-state index contributed by atoms with van der Waals surface area (Å²) in [6, 6.07) is 2.11. The van der Waals surface area contributed by atoms with Crippen LogP contribution in [0.1, 0.15) is 57.9 Å². The van der Waals surface area contributed by atoms with Gasteiger partial charge in [-0.1, -0.05) is 32.3 Å². The van der Waals surface area contributed by atoms with E-state index in [0.29, 0.717) is 5.92 Å². The van der Waals surface area contributed by atoms with E-state index >= 15 is 0 Å². The van der Waals surface area contributed by atoms with Gasteiger partial charge in [-0.3, -0.25) is 4.90 Å². The number of aromatic nitrogens is 1. The van der Waals surface area contributed by atoms with Gasteiger partial charge in [0.25, 0.3) is 0 Å². The lowest BCUT2D eigenvalue weighted by atomic mass is 9.98. The third-order valence-electron chi connectivity index (χ3n) is 4.36. The quantitative estimate of drug-likeness (QED) is 0.836. The molecule has 4 heteroatoms. The Morgan fingerprint density at radius 3 is 3.00 bits per heavy atom. The van der Waals surface area contributed by atoms with Crippen LogP contribution in [0.15, 0.2) is 10.6 Å². The van der Waals surface area contributed by atoms with Gasteiger partial charge in [0.05, 0.1) is 12.2 Å². The molecule has 2 rings (SSSR count). The van der Waals surface area contributed by atoms with Gasteiger partial charge in [-0.25, -0.2) is 0 Å². The lowest BCUT2D eigenvalue weighted by molar-refractivity contribution is 0.235. The summed E-state index contributed by atoms with van der Waals surface area (Å²) in [5.41, 5.74) is 1.02. The fourth-order valence-electron chi connectivity index (χ4n) is 3.01. The summed E-state index contributed by atoms with van der Waals surface area (Å²) in [5, 5.41) is 7.57. The van der Waals surface area contributed by atoms with Crippen LogP contribution in [0.5, 0.6) is 0 Å². The summed E-state index contributed by atoms with van der Waals surface area (Å²) < 4.78 is 5.49. The second-order valence-corrected chi connectivity index (χ2v) is 6.79. The summed E-state index contributed by atoms with van der Waals surface area (Å²) in [4.78, 5) is 2.52. The van der Waals surface area contributed by atoms with Crippen molar-refractivity contribution in [2.24, 2.45) is 11.8 Å². The van der Waals surface area contributed by atoms with E-state index in [0.717, 1.165) is 37.0 Å². The molecular weight excluding hydrogens is 262 g/mol. The summed E-state index contributed by atoms with van der Waals surface area (Å²) in [6.45, 7) is 11.9. The number of nitrogens with one attached hydrogen (secondary N) is 1. The average Bonchev–Trinajstić information content (AvgIpc) is 2.76. The van der Waals surface area contributed by atoms with E-state index in [1.54, 1.807) is 0 Å². The van der Waals surface area contributed by atoms with Crippen molar-refractivity contribution in [1.82, 2.24) is 15.4 Å². The molecule has 21 heavy (non-hydrogen) atoms. The molecule has 2 heterocycles. The van der Waals surface area contributed by atoms with Crippen LogP contribution in [0.2, 0.25) is 0 Å². The van der Waals surface area contributed by atoms with Gasteiger partial charge in [-0.2, -0.15) is 0 Å². The fraction of sp³-hybridized carbons (Fsp3) is 0.824. The first-order valence-electron chi connectivity index (χ1n) is 8.55. The normalized spacial score (nSPS) is 20.9. The number of rotatable bonds is 7. The van der Waals surface area contributed by atoms with E-state index in [9.17, 15) is 0 Å². The maximum absolute atomic E-state index is 5.49. The smallest absolute Gasteiger partial charge is 0.151 e. The topological polar surface area (TPSA) is 41.3 Å². The van der Waals surface area contributed by atoms with Crippen molar-refractivity contribution in [3.63, 3.8) is 0 Å². The second kappa shape index (κ2) is 8.54. The Kier molecular flexibility index (Phi) is 6.71. The third-order valence-corrected chi connectivity index (χ3v) is 4.36. The molecule has 1 aliphatic rings. The fourth-order valence-corrected chi connectivity index (χ4v) is 3.01. The molecule has 0 bridgehead atoms. The Bertz CT molecular complexity index is 402. The van der Waals surface area contributed by atoms with Crippen molar-refractivity contribution in [2.75, 3.05) is 19.6 Å². The standard InChI is InChI=1S/C17H31N3O/c1-4-15-6-5-8-20(9-7-15)13-17-10-16(19-21-17)12-18-11-14(2)3/h10,14-15,18H,4-9,11-13H2,1-3H3. The second-order valence-electron chi connectivity index (χ2n) is 6.79. The van der Waals surface area contributed by atoms with Crippen LogP contribution in [-0.2, 0) is 13.1 Å². The number of hydrogen-bond acceptors (Lipinski definition) is 4. The Hall–Kier alpha value is -0.870. The van der Waals surface area contributed by atoms with Crippen molar-refractivity contribution in [2.45, 2.75) is 59.5 Å². The first-order valence-corrected chi connectivity index (χ1v) is 8.55. The minimum absolute atomic E-state index is 0.667. The monoisotopic (exact) mass is 293 g/mol. The van der Waals surface area contributed by atoms with Gasteiger partial charge in [0.15, 0.2) is 5.76 Å². The van der Waals surface area contributed by atoms with Crippen LogP contribution in [0.4, 0.5) is 0 Å². The van der Waals surface area contributed by atoms with Crippen molar-refractivity contribution in [3.8, 4) is 0 Å². The lowest BCUT2D eigenvalue weighted by Crippen LogP contribution is -2.24. The maximum atomic E-state index is 5.49. The van der Waals surface area contributed by atoms with Crippen LogP contribution in [0.25, 0.3) is 0 Å². The number of hydrogen-bond donors (Lipinski definition) is 1. The van der Waals surface area contributed by atoms with Crippen LogP contribution < -0.4 is 5.32 Å². The average molecular weight is 293 g/mol. The molecule has 0 radical (unpaired) electrons. The van der Waals surface area contributed by atoms with E-state index in [4.69, 9.17) is 4.52 Å². The molecule has 1 fully saturated rings. The SMILES string of the molecule is CCC1CCCN(Cc2cc(CNCC(C)C)no2)CC1. The Labute approximate surface area is 129 Å². The molecule has 0 aromatic carbocycles. The van der Waals surface area contributed by atoms with E-state index in [1.165, 1.54) is 38.8 Å². The molecule has 1 N–H and O–H groups in total. The Balaban J connectivity index is 1.76. The zero-order valence-corrected chi connectivity index (χ0v) is 13.9. The van der Waals surface area contributed by atoms with Gasteiger partial charge in [-0.05, 0) is 50.7 Å². The molecule has 4 nitrogen and oxygen atoms in total. The largest absolute Gasteiger partial charge is 0.360 e. The predicted molar refractivity (Wildman–Crippen MR) is 86.0 cm³/mol. The number of likely N-dealkylation sites (tertiary alicyclic amines) is 1. The summed E-state index contributed by atoms with van der Waals surface area (Å²) in [7, 11) is 0. The first-order chi connectivity index (χ1) is 10.2. The van der Waals surface area contributed by atoms with Gasteiger partial charge in [0.1, 0.15) is 0 Å². The van der Waals surface area contributed by atoms with Gasteiger partial charge in [0, 0.05) is 12.6 Å². The van der Waals surface area contributed by atoms with Crippen molar-refractivity contribution in [3.05, 3.63) is 17.5 Å². The van der Waals surface area contributed by atoms with E-state index in [2.05, 4.69) is 42.2 Å². The molecule has 120 valence electrons. The van der Waals surface area contributed by atoms with E-state index in [-0.39, 0.29) is 0 Å². The van der Waals surface area contributed by atoms with E-state index < -0.39 is 0 Å². The Morgan fingerprint density at radius 2 is 2.24 bits per heavy atom.